The number of carbonyl (C=O) groups is 6. The Bertz CT molecular complexity index is 2020. The second-order valence-electron chi connectivity index (χ2n) is 14.3. The van der Waals surface area contributed by atoms with Gasteiger partial charge in [-0.2, -0.15) is 13.2 Å². The van der Waals surface area contributed by atoms with Crippen molar-refractivity contribution in [1.29, 1.82) is 0 Å². The number of imidazole rings is 1. The number of carboxylic acids is 1. The highest BCUT2D eigenvalue weighted by molar-refractivity contribution is 5.96. The van der Waals surface area contributed by atoms with Crippen molar-refractivity contribution >= 4 is 46.3 Å². The molecule has 0 aliphatic rings. The summed E-state index contributed by atoms with van der Waals surface area (Å²) in [5.74, 6) is -5.96. The molecular weight excluding hydrogens is 775 g/mol. The Hall–Kier alpha value is -6.34. The lowest BCUT2D eigenvalue weighted by atomic mass is 9.99. The first-order valence-corrected chi connectivity index (χ1v) is 18.6. The number of benzene rings is 3. The van der Waals surface area contributed by atoms with Gasteiger partial charge in [0.25, 0.3) is 0 Å². The van der Waals surface area contributed by atoms with E-state index in [0.717, 1.165) is 21.9 Å². The molecule has 0 radical (unpaired) electrons. The number of aromatic nitrogens is 2. The maximum Gasteiger partial charge on any atom is 0.490 e. The fourth-order valence-corrected chi connectivity index (χ4v) is 5.63. The average molecular weight is 826 g/mol. The van der Waals surface area contributed by atoms with Crippen molar-refractivity contribution in [1.82, 2.24) is 31.2 Å². The minimum Gasteiger partial charge on any atom is -0.475 e. The molecule has 4 atom stereocenters. The van der Waals surface area contributed by atoms with Crippen LogP contribution >= 0.6 is 0 Å². The quantitative estimate of drug-likeness (QED) is 0.0615. The van der Waals surface area contributed by atoms with Crippen LogP contribution in [0.2, 0.25) is 0 Å². The second kappa shape index (κ2) is 22.0. The Balaban J connectivity index is 0.00000122. The van der Waals surface area contributed by atoms with Gasteiger partial charge in [0, 0.05) is 25.5 Å². The number of amides is 5. The molecule has 12 N–H and O–H groups in total. The summed E-state index contributed by atoms with van der Waals surface area (Å²) in [6.45, 7) is 3.45. The van der Waals surface area contributed by atoms with Gasteiger partial charge in [-0.3, -0.25) is 24.0 Å². The molecule has 1 heterocycles. The van der Waals surface area contributed by atoms with E-state index in [1.54, 1.807) is 6.20 Å². The molecule has 0 aliphatic carbocycles. The monoisotopic (exact) mass is 825 g/mol. The molecule has 0 unspecified atom stereocenters. The van der Waals surface area contributed by atoms with Gasteiger partial charge in [0.05, 0.1) is 17.6 Å². The molecule has 0 spiro atoms. The number of carbonyl (C=O) groups excluding carboxylic acids is 5. The lowest BCUT2D eigenvalue weighted by Crippen LogP contribution is -2.60. The van der Waals surface area contributed by atoms with E-state index < -0.39 is 71.4 Å². The van der Waals surface area contributed by atoms with E-state index in [9.17, 15) is 37.1 Å². The van der Waals surface area contributed by atoms with Gasteiger partial charge >= 0.3 is 12.1 Å². The fourth-order valence-electron chi connectivity index (χ4n) is 5.63. The van der Waals surface area contributed by atoms with E-state index in [1.165, 1.54) is 20.2 Å². The summed E-state index contributed by atoms with van der Waals surface area (Å²) in [5.41, 5.74) is 18.0. The standard InChI is InChI=1S/C38H49N9O5.C2HF3O2/c1-38(2,41)37(52)47-32(21-28-22-42-23-43-28)36(51)46-31(20-25-15-16-26-12-6-7-13-27(26)18-25)35(50)45-30(19-24-10-4-3-5-11-24)34(49)44-29(33(40)48)14-8-9-17-39;3-2(4,5)1(6)7/h3-7,10-13,15-16,18,22-23,29-32H,8-9,14,17,19-21,39,41H2,1-2H3,(H2,40,48)(H,42,43)(H,44,49)(H,45,50)(H,46,51)(H,47,52);(H,6,7)/t29-,30+,31+,32-;/m0./s1. The molecule has 5 amide bonds. The number of halogens is 3. The van der Waals surface area contributed by atoms with Crippen molar-refractivity contribution in [2.24, 2.45) is 17.2 Å². The van der Waals surface area contributed by atoms with Crippen molar-refractivity contribution in [2.75, 3.05) is 6.54 Å². The number of hydrogen-bond donors (Lipinski definition) is 9. The number of nitrogens with one attached hydrogen (secondary N) is 5. The highest BCUT2D eigenvalue weighted by Crippen LogP contribution is 2.18. The van der Waals surface area contributed by atoms with Gasteiger partial charge in [-0.25, -0.2) is 9.78 Å². The van der Waals surface area contributed by atoms with Crippen molar-refractivity contribution in [3.8, 4) is 0 Å². The predicted octanol–water partition coefficient (Wildman–Crippen LogP) is 1.51. The predicted molar refractivity (Wildman–Crippen MR) is 212 cm³/mol. The van der Waals surface area contributed by atoms with Crippen LogP contribution in [-0.4, -0.2) is 93.0 Å². The first-order valence-electron chi connectivity index (χ1n) is 18.6. The summed E-state index contributed by atoms with van der Waals surface area (Å²) in [4.78, 5) is 83.2. The van der Waals surface area contributed by atoms with Gasteiger partial charge in [-0.15, -0.1) is 0 Å². The maximum absolute atomic E-state index is 14.3. The molecule has 0 aliphatic heterocycles. The fraction of sp³-hybridized carbons (Fsp3) is 0.375. The number of nitrogens with two attached hydrogens (primary N) is 3. The zero-order valence-corrected chi connectivity index (χ0v) is 32.6. The van der Waals surface area contributed by atoms with Gasteiger partial charge in [0.1, 0.15) is 24.2 Å². The van der Waals surface area contributed by atoms with Gasteiger partial charge < -0.3 is 48.6 Å². The Morgan fingerprint density at radius 1 is 0.729 bits per heavy atom. The Morgan fingerprint density at radius 2 is 1.25 bits per heavy atom. The third-order valence-electron chi connectivity index (χ3n) is 8.83. The number of unbranched alkanes of at least 4 members (excludes halogenated alkanes) is 1. The van der Waals surface area contributed by atoms with Crippen LogP contribution in [0.1, 0.15) is 49.9 Å². The van der Waals surface area contributed by atoms with E-state index in [1.807, 2.05) is 72.8 Å². The zero-order valence-electron chi connectivity index (χ0n) is 32.6. The number of rotatable bonds is 19. The third-order valence-corrected chi connectivity index (χ3v) is 8.83. The van der Waals surface area contributed by atoms with Gasteiger partial charge in [0.2, 0.25) is 29.5 Å². The van der Waals surface area contributed by atoms with Crippen molar-refractivity contribution in [3.63, 3.8) is 0 Å². The molecule has 0 bridgehead atoms. The van der Waals surface area contributed by atoms with E-state index in [-0.39, 0.29) is 25.7 Å². The van der Waals surface area contributed by atoms with Crippen LogP contribution in [-0.2, 0) is 48.0 Å². The Morgan fingerprint density at radius 3 is 1.76 bits per heavy atom. The van der Waals surface area contributed by atoms with Crippen LogP contribution in [0.5, 0.6) is 0 Å². The van der Waals surface area contributed by atoms with E-state index in [4.69, 9.17) is 27.1 Å². The number of aliphatic carboxylic acids is 1. The van der Waals surface area contributed by atoms with Crippen molar-refractivity contribution in [2.45, 2.75) is 88.3 Å². The Labute approximate surface area is 338 Å². The molecule has 3 aromatic carbocycles. The zero-order chi connectivity index (χ0) is 43.8. The minimum absolute atomic E-state index is 0.0131. The number of hydrogen-bond acceptors (Lipinski definition) is 9. The summed E-state index contributed by atoms with van der Waals surface area (Å²) in [6.07, 6.45) is -0.382. The molecule has 59 heavy (non-hydrogen) atoms. The average Bonchev–Trinajstić information content (AvgIpc) is 3.69. The highest BCUT2D eigenvalue weighted by Gasteiger charge is 2.38. The largest absolute Gasteiger partial charge is 0.490 e. The summed E-state index contributed by atoms with van der Waals surface area (Å²) in [7, 11) is 0. The van der Waals surface area contributed by atoms with Crippen LogP contribution < -0.4 is 38.5 Å². The molecule has 0 saturated carbocycles. The summed E-state index contributed by atoms with van der Waals surface area (Å²) in [6, 6.07) is 18.1. The number of aromatic amines is 1. The number of alkyl halides is 3. The van der Waals surface area contributed by atoms with Crippen molar-refractivity contribution < 1.29 is 47.0 Å². The molecule has 19 heteroatoms. The lowest BCUT2D eigenvalue weighted by molar-refractivity contribution is -0.192. The lowest BCUT2D eigenvalue weighted by Gasteiger charge is -2.27. The number of primary amides is 1. The van der Waals surface area contributed by atoms with Gasteiger partial charge in [-0.05, 0) is 61.6 Å². The van der Waals surface area contributed by atoms with Crippen LogP contribution in [0.25, 0.3) is 10.8 Å². The second-order valence-corrected chi connectivity index (χ2v) is 14.3. The molecule has 1 aromatic heterocycles. The van der Waals surface area contributed by atoms with Crippen LogP contribution in [0.3, 0.4) is 0 Å². The smallest absolute Gasteiger partial charge is 0.475 e. The topological polar surface area (TPSA) is 278 Å². The Kier molecular flexibility index (Phi) is 17.5. The van der Waals surface area contributed by atoms with Gasteiger partial charge in [0.15, 0.2) is 0 Å². The van der Waals surface area contributed by atoms with Gasteiger partial charge in [-0.1, -0.05) is 72.8 Å². The van der Waals surface area contributed by atoms with E-state index in [2.05, 4.69) is 31.2 Å². The van der Waals surface area contributed by atoms with Crippen LogP contribution in [0.4, 0.5) is 13.2 Å². The number of H-pyrrole nitrogens is 1. The summed E-state index contributed by atoms with van der Waals surface area (Å²) < 4.78 is 31.7. The van der Waals surface area contributed by atoms with Crippen molar-refractivity contribution in [3.05, 3.63) is 102 Å². The van der Waals surface area contributed by atoms with Crippen LogP contribution in [0, 0.1) is 0 Å². The number of nitrogens with zero attached hydrogens (tertiary/aromatic N) is 1. The molecule has 4 aromatic rings. The highest BCUT2D eigenvalue weighted by atomic mass is 19.4. The third kappa shape index (κ3) is 15.8. The molecule has 0 saturated heterocycles. The number of carboxylic acid groups (broad SMARTS) is 1. The minimum atomic E-state index is -5.08. The van der Waals surface area contributed by atoms with E-state index >= 15 is 0 Å². The molecular formula is C40H50F3N9O7. The van der Waals surface area contributed by atoms with Crippen LogP contribution in [0.15, 0.2) is 85.3 Å². The SMILES string of the molecule is CC(C)(N)C(=O)N[C@@H](Cc1c[nH]cn1)C(=O)N[C@H](Cc1ccc2ccccc2c1)C(=O)N[C@H](Cc1ccccc1)C(=O)N[C@@H](CCCCN)C(N)=O.O=C(O)C(F)(F)F. The summed E-state index contributed by atoms with van der Waals surface area (Å²) in [5, 5.41) is 20.1. The first kappa shape index (κ1) is 47.0. The normalized spacial score (nSPS) is 13.4. The molecule has 0 fully saturated rings. The maximum atomic E-state index is 14.3. The van der Waals surface area contributed by atoms with E-state index in [0.29, 0.717) is 25.1 Å². The molecule has 4 rings (SSSR count). The first-order chi connectivity index (χ1) is 27.8. The molecule has 318 valence electrons. The summed E-state index contributed by atoms with van der Waals surface area (Å²) >= 11 is 0. The molecule has 16 nitrogen and oxygen atoms in total. The number of fused-ring (bicyclic) bond motifs is 1.